The summed E-state index contributed by atoms with van der Waals surface area (Å²) in [4.78, 5) is 29.4. The third-order valence-corrected chi connectivity index (χ3v) is 5.65. The number of para-hydroxylation sites is 1. The number of nitrogens with one attached hydrogen (secondary N) is 1. The largest absolute Gasteiger partial charge is 0.456 e. The Labute approximate surface area is 174 Å². The zero-order valence-electron chi connectivity index (χ0n) is 15.6. The molecule has 1 amide bonds. The van der Waals surface area contributed by atoms with Gasteiger partial charge in [0, 0.05) is 22.9 Å². The second-order valence-corrected chi connectivity index (χ2v) is 7.74. The second kappa shape index (κ2) is 7.13. The first-order chi connectivity index (χ1) is 14.6. The van der Waals surface area contributed by atoms with Crippen LogP contribution in [0.25, 0.3) is 32.5 Å². The molecule has 0 atom stereocenters. The summed E-state index contributed by atoms with van der Waals surface area (Å²) in [6.45, 7) is 0. The van der Waals surface area contributed by atoms with Gasteiger partial charge in [-0.3, -0.25) is 9.59 Å². The maximum atomic E-state index is 12.8. The molecule has 0 aliphatic rings. The highest BCUT2D eigenvalue weighted by Gasteiger charge is 2.14. The van der Waals surface area contributed by atoms with Crippen molar-refractivity contribution in [3.8, 4) is 11.3 Å². The summed E-state index contributed by atoms with van der Waals surface area (Å²) in [5, 5.41) is 3.73. The molecule has 146 valence electrons. The quantitative estimate of drug-likeness (QED) is 0.438. The molecule has 0 saturated heterocycles. The van der Waals surface area contributed by atoms with Crippen LogP contribution in [0.3, 0.4) is 0 Å². The lowest BCUT2D eigenvalue weighted by atomic mass is 10.1. The van der Waals surface area contributed by atoms with Crippen LogP contribution in [-0.2, 0) is 0 Å². The van der Waals surface area contributed by atoms with Crippen molar-refractivity contribution >= 4 is 49.2 Å². The molecule has 0 unspecified atom stereocenters. The van der Waals surface area contributed by atoms with Crippen molar-refractivity contribution < 1.29 is 9.21 Å². The van der Waals surface area contributed by atoms with Gasteiger partial charge in [-0.2, -0.15) is 0 Å². The molecule has 0 aliphatic carbocycles. The van der Waals surface area contributed by atoms with Crippen molar-refractivity contribution in [3.05, 3.63) is 88.6 Å². The number of rotatable bonds is 3. The SMILES string of the molecule is Nc1nc2ccc3oc(-c4ccc(C(=O)Nc5ccccc5)cc4)cc(=O)c3c2s1. The van der Waals surface area contributed by atoms with Crippen LogP contribution >= 0.6 is 11.3 Å². The number of nitrogen functional groups attached to an aromatic ring is 1. The average Bonchev–Trinajstić information content (AvgIpc) is 3.14. The smallest absolute Gasteiger partial charge is 0.255 e. The molecular weight excluding hydrogens is 398 g/mol. The lowest BCUT2D eigenvalue weighted by molar-refractivity contribution is 0.102. The van der Waals surface area contributed by atoms with E-state index in [1.165, 1.54) is 17.4 Å². The van der Waals surface area contributed by atoms with Crippen LogP contribution < -0.4 is 16.5 Å². The number of carbonyl (C=O) groups excluding carboxylic acids is 1. The summed E-state index contributed by atoms with van der Waals surface area (Å²) in [7, 11) is 0. The molecule has 0 fully saturated rings. The number of nitrogens with zero attached hydrogens (tertiary/aromatic N) is 1. The molecule has 7 heteroatoms. The Morgan fingerprint density at radius 3 is 2.53 bits per heavy atom. The van der Waals surface area contributed by atoms with Gasteiger partial charge in [0.2, 0.25) is 0 Å². The molecule has 0 spiro atoms. The van der Waals surface area contributed by atoms with Crippen molar-refractivity contribution in [2.75, 3.05) is 11.1 Å². The minimum absolute atomic E-state index is 0.161. The molecular formula is C23H15N3O3S. The van der Waals surface area contributed by atoms with Crippen LogP contribution in [0.2, 0.25) is 0 Å². The van der Waals surface area contributed by atoms with Crippen LogP contribution in [0.4, 0.5) is 10.8 Å². The predicted molar refractivity (Wildman–Crippen MR) is 120 cm³/mol. The number of benzene rings is 3. The van der Waals surface area contributed by atoms with Crippen molar-refractivity contribution in [1.82, 2.24) is 4.98 Å². The zero-order valence-corrected chi connectivity index (χ0v) is 16.4. The van der Waals surface area contributed by atoms with E-state index >= 15 is 0 Å². The fourth-order valence-corrected chi connectivity index (χ4v) is 4.18. The van der Waals surface area contributed by atoms with Gasteiger partial charge in [-0.05, 0) is 36.4 Å². The van der Waals surface area contributed by atoms with Gasteiger partial charge in [0.25, 0.3) is 5.91 Å². The van der Waals surface area contributed by atoms with E-state index in [-0.39, 0.29) is 11.3 Å². The fourth-order valence-electron chi connectivity index (χ4n) is 3.30. The number of hydrogen-bond donors (Lipinski definition) is 2. The van der Waals surface area contributed by atoms with Crippen LogP contribution in [0.15, 0.2) is 82.0 Å². The van der Waals surface area contributed by atoms with E-state index in [1.54, 1.807) is 36.4 Å². The molecule has 5 rings (SSSR count). The molecule has 6 nitrogen and oxygen atoms in total. The topological polar surface area (TPSA) is 98.2 Å². The molecule has 0 aliphatic heterocycles. The van der Waals surface area contributed by atoms with E-state index in [0.717, 1.165) is 10.4 Å². The van der Waals surface area contributed by atoms with Crippen LogP contribution in [-0.4, -0.2) is 10.9 Å². The Morgan fingerprint density at radius 1 is 1.00 bits per heavy atom. The summed E-state index contributed by atoms with van der Waals surface area (Å²) in [5.74, 6) is 0.220. The summed E-state index contributed by atoms with van der Waals surface area (Å²) in [5.41, 5.74) is 8.71. The Balaban J connectivity index is 1.49. The third kappa shape index (κ3) is 3.21. The fraction of sp³-hybridized carbons (Fsp3) is 0. The van der Waals surface area contributed by atoms with E-state index in [2.05, 4.69) is 10.3 Å². The Hall–Kier alpha value is -3.97. The van der Waals surface area contributed by atoms with E-state index in [9.17, 15) is 9.59 Å². The Bertz CT molecular complexity index is 1450. The third-order valence-electron chi connectivity index (χ3n) is 4.73. The number of thiazole rings is 1. The van der Waals surface area contributed by atoms with E-state index in [4.69, 9.17) is 10.2 Å². The Morgan fingerprint density at radius 2 is 1.77 bits per heavy atom. The minimum atomic E-state index is -0.210. The lowest BCUT2D eigenvalue weighted by Gasteiger charge is -2.07. The molecule has 5 aromatic rings. The maximum Gasteiger partial charge on any atom is 0.255 e. The standard InChI is InChI=1S/C23H15N3O3S/c24-23-26-16-10-11-18-20(21(16)30-23)17(27)12-19(29-18)13-6-8-14(9-7-13)22(28)25-15-4-2-1-3-5-15/h1-12H,(H2,24,26)(H,25,28). The number of fused-ring (bicyclic) bond motifs is 3. The van der Waals surface area contributed by atoms with Gasteiger partial charge in [0.05, 0.1) is 15.6 Å². The van der Waals surface area contributed by atoms with E-state index in [1.807, 2.05) is 30.3 Å². The molecule has 2 aromatic heterocycles. The van der Waals surface area contributed by atoms with Gasteiger partial charge >= 0.3 is 0 Å². The Kier molecular flexibility index (Phi) is 4.30. The summed E-state index contributed by atoms with van der Waals surface area (Å²) >= 11 is 1.27. The minimum Gasteiger partial charge on any atom is -0.456 e. The van der Waals surface area contributed by atoms with Crippen molar-refractivity contribution in [2.24, 2.45) is 0 Å². The van der Waals surface area contributed by atoms with E-state index in [0.29, 0.717) is 38.5 Å². The molecule has 2 heterocycles. The van der Waals surface area contributed by atoms with Crippen LogP contribution in [0.1, 0.15) is 10.4 Å². The van der Waals surface area contributed by atoms with Gasteiger partial charge in [0.15, 0.2) is 10.6 Å². The first-order valence-electron chi connectivity index (χ1n) is 9.18. The van der Waals surface area contributed by atoms with Crippen molar-refractivity contribution in [1.29, 1.82) is 0 Å². The van der Waals surface area contributed by atoms with Crippen molar-refractivity contribution in [2.45, 2.75) is 0 Å². The summed E-state index contributed by atoms with van der Waals surface area (Å²) < 4.78 is 6.70. The highest BCUT2D eigenvalue weighted by atomic mass is 32.1. The number of aromatic nitrogens is 1. The number of carbonyl (C=O) groups is 1. The predicted octanol–water partition coefficient (Wildman–Crippen LogP) is 4.90. The van der Waals surface area contributed by atoms with Crippen LogP contribution in [0.5, 0.6) is 0 Å². The number of nitrogens with two attached hydrogens (primary N) is 1. The first kappa shape index (κ1) is 18.1. The maximum absolute atomic E-state index is 12.8. The zero-order chi connectivity index (χ0) is 20.7. The lowest BCUT2D eigenvalue weighted by Crippen LogP contribution is -2.11. The van der Waals surface area contributed by atoms with Gasteiger partial charge < -0.3 is 15.5 Å². The van der Waals surface area contributed by atoms with Gasteiger partial charge in [0.1, 0.15) is 11.3 Å². The molecule has 3 aromatic carbocycles. The molecule has 0 bridgehead atoms. The van der Waals surface area contributed by atoms with Gasteiger partial charge in [-0.25, -0.2) is 4.98 Å². The summed E-state index contributed by atoms with van der Waals surface area (Å²) in [6.07, 6.45) is 0. The first-order valence-corrected chi connectivity index (χ1v) is 10.00. The van der Waals surface area contributed by atoms with Crippen LogP contribution in [0, 0.1) is 0 Å². The molecule has 30 heavy (non-hydrogen) atoms. The highest BCUT2D eigenvalue weighted by molar-refractivity contribution is 7.22. The van der Waals surface area contributed by atoms with Gasteiger partial charge in [-0.15, -0.1) is 0 Å². The number of hydrogen-bond acceptors (Lipinski definition) is 6. The number of anilines is 2. The highest BCUT2D eigenvalue weighted by Crippen LogP contribution is 2.31. The van der Waals surface area contributed by atoms with Crippen molar-refractivity contribution in [3.63, 3.8) is 0 Å². The summed E-state index contributed by atoms with van der Waals surface area (Å²) in [6, 6.07) is 21.1. The van der Waals surface area contributed by atoms with E-state index < -0.39 is 0 Å². The monoisotopic (exact) mass is 413 g/mol. The molecule has 0 radical (unpaired) electrons. The number of amides is 1. The molecule has 3 N–H and O–H groups in total. The normalized spacial score (nSPS) is 11.1. The molecule has 0 saturated carbocycles. The average molecular weight is 413 g/mol. The second-order valence-electron chi connectivity index (χ2n) is 6.71. The van der Waals surface area contributed by atoms with Gasteiger partial charge in [-0.1, -0.05) is 41.7 Å².